The van der Waals surface area contributed by atoms with Gasteiger partial charge >= 0.3 is 5.97 Å². The van der Waals surface area contributed by atoms with E-state index in [1.807, 2.05) is 0 Å². The predicted octanol–water partition coefficient (Wildman–Crippen LogP) is 1.60. The second-order valence-corrected chi connectivity index (χ2v) is 2.65. The van der Waals surface area contributed by atoms with Crippen LogP contribution in [0.3, 0.4) is 0 Å². The van der Waals surface area contributed by atoms with Crippen LogP contribution < -0.4 is 4.74 Å². The summed E-state index contributed by atoms with van der Waals surface area (Å²) in [6.07, 6.45) is -0.549. The molecule has 0 aliphatic carbocycles. The van der Waals surface area contributed by atoms with E-state index >= 15 is 0 Å². The van der Waals surface area contributed by atoms with Crippen LogP contribution in [-0.4, -0.2) is 18.2 Å². The van der Waals surface area contributed by atoms with Gasteiger partial charge in [0.2, 0.25) is 0 Å². The second-order valence-electron chi connectivity index (χ2n) is 2.65. The van der Waals surface area contributed by atoms with Gasteiger partial charge < -0.3 is 9.84 Å². The molecule has 0 atom stereocenters. The average molecular weight is 202 g/mol. The minimum atomic E-state index is -1.21. The Hall–Kier alpha value is -1.65. The van der Waals surface area contributed by atoms with Gasteiger partial charge in [0.25, 0.3) is 0 Å². The minimum absolute atomic E-state index is 0.198. The number of ether oxygens (including phenoxy) is 1. The first kappa shape index (κ1) is 10.4. The van der Waals surface area contributed by atoms with Crippen LogP contribution >= 0.6 is 0 Å². The number of halogens is 2. The monoisotopic (exact) mass is 202 g/mol. The molecule has 0 unspecified atom stereocenters. The van der Waals surface area contributed by atoms with Crippen LogP contribution in [0.4, 0.5) is 8.78 Å². The van der Waals surface area contributed by atoms with E-state index < -0.39 is 24.0 Å². The average Bonchev–Trinajstić information content (AvgIpc) is 2.10. The highest BCUT2D eigenvalue weighted by Crippen LogP contribution is 2.21. The zero-order chi connectivity index (χ0) is 10.7. The van der Waals surface area contributed by atoms with Gasteiger partial charge in [0.05, 0.1) is 13.5 Å². The van der Waals surface area contributed by atoms with Crippen LogP contribution in [0.5, 0.6) is 5.75 Å². The molecule has 0 radical (unpaired) electrons. The van der Waals surface area contributed by atoms with Gasteiger partial charge in [-0.2, -0.15) is 0 Å². The molecule has 1 N–H and O–H groups in total. The SMILES string of the molecule is COc1cc(F)c(CC(=O)O)cc1F. The van der Waals surface area contributed by atoms with E-state index in [4.69, 9.17) is 5.11 Å². The number of hydrogen-bond donors (Lipinski definition) is 1. The van der Waals surface area contributed by atoms with E-state index in [9.17, 15) is 13.6 Å². The lowest BCUT2D eigenvalue weighted by molar-refractivity contribution is -0.136. The molecular weight excluding hydrogens is 194 g/mol. The molecule has 0 fully saturated rings. The Labute approximate surface area is 78.9 Å². The van der Waals surface area contributed by atoms with Crippen LogP contribution in [0, 0.1) is 11.6 Å². The summed E-state index contributed by atoms with van der Waals surface area (Å²) in [4.78, 5) is 10.3. The maximum Gasteiger partial charge on any atom is 0.307 e. The molecule has 3 nitrogen and oxygen atoms in total. The summed E-state index contributed by atoms with van der Waals surface area (Å²) in [6.45, 7) is 0. The highest BCUT2D eigenvalue weighted by atomic mass is 19.1. The Morgan fingerprint density at radius 1 is 1.43 bits per heavy atom. The standard InChI is InChI=1S/C9H8F2O3/c1-14-8-4-6(10)5(2-7(8)11)3-9(12)13/h2,4H,3H2,1H3,(H,12,13). The van der Waals surface area contributed by atoms with Crippen molar-refractivity contribution < 1.29 is 23.4 Å². The maximum atomic E-state index is 13.1. The Bertz CT molecular complexity index is 363. The quantitative estimate of drug-likeness (QED) is 0.809. The molecule has 0 aliphatic heterocycles. The van der Waals surface area contributed by atoms with E-state index in [1.54, 1.807) is 0 Å². The number of carbonyl (C=O) groups is 1. The third kappa shape index (κ3) is 2.18. The number of benzene rings is 1. The van der Waals surface area contributed by atoms with Gasteiger partial charge in [0.1, 0.15) is 5.82 Å². The zero-order valence-corrected chi connectivity index (χ0v) is 7.38. The summed E-state index contributed by atoms with van der Waals surface area (Å²) in [7, 11) is 1.20. The number of carboxylic acid groups (broad SMARTS) is 1. The van der Waals surface area contributed by atoms with E-state index in [1.165, 1.54) is 7.11 Å². The lowest BCUT2D eigenvalue weighted by atomic mass is 10.1. The third-order valence-corrected chi connectivity index (χ3v) is 1.66. The first-order chi connectivity index (χ1) is 6.54. The minimum Gasteiger partial charge on any atom is -0.494 e. The Morgan fingerprint density at radius 3 is 2.57 bits per heavy atom. The van der Waals surface area contributed by atoms with Gasteiger partial charge in [-0.3, -0.25) is 4.79 Å². The summed E-state index contributed by atoms with van der Waals surface area (Å²) >= 11 is 0. The molecule has 0 bridgehead atoms. The van der Waals surface area contributed by atoms with Crippen molar-refractivity contribution in [1.82, 2.24) is 0 Å². The van der Waals surface area contributed by atoms with Crippen molar-refractivity contribution in [2.24, 2.45) is 0 Å². The molecule has 0 spiro atoms. The molecule has 0 saturated carbocycles. The first-order valence-electron chi connectivity index (χ1n) is 3.78. The number of carboxylic acids is 1. The van der Waals surface area contributed by atoms with Crippen molar-refractivity contribution in [2.75, 3.05) is 7.11 Å². The summed E-state index contributed by atoms with van der Waals surface area (Å²) in [5, 5.41) is 8.39. The summed E-state index contributed by atoms with van der Waals surface area (Å²) in [6, 6.07) is 1.65. The van der Waals surface area contributed by atoms with Crippen LogP contribution in [0.15, 0.2) is 12.1 Å². The van der Waals surface area contributed by atoms with Crippen LogP contribution in [0.25, 0.3) is 0 Å². The lowest BCUT2D eigenvalue weighted by Crippen LogP contribution is -2.04. The molecule has 0 aromatic heterocycles. The van der Waals surface area contributed by atoms with Crippen molar-refractivity contribution in [1.29, 1.82) is 0 Å². The highest BCUT2D eigenvalue weighted by Gasteiger charge is 2.12. The Kier molecular flexibility index (Phi) is 3.01. The summed E-state index contributed by atoms with van der Waals surface area (Å²) < 4.78 is 30.6. The molecule has 0 heterocycles. The van der Waals surface area contributed by atoms with E-state index in [2.05, 4.69) is 4.74 Å². The first-order valence-corrected chi connectivity index (χ1v) is 3.78. The van der Waals surface area contributed by atoms with Crippen molar-refractivity contribution in [3.05, 3.63) is 29.3 Å². The zero-order valence-electron chi connectivity index (χ0n) is 7.38. The van der Waals surface area contributed by atoms with Crippen LogP contribution in [0.2, 0.25) is 0 Å². The summed E-state index contributed by atoms with van der Waals surface area (Å²) in [5.74, 6) is -3.01. The molecule has 0 aliphatic rings. The fourth-order valence-corrected chi connectivity index (χ4v) is 1.02. The summed E-state index contributed by atoms with van der Waals surface area (Å²) in [5.41, 5.74) is -0.198. The smallest absolute Gasteiger partial charge is 0.307 e. The number of rotatable bonds is 3. The highest BCUT2D eigenvalue weighted by molar-refractivity contribution is 5.70. The van der Waals surface area contributed by atoms with Gasteiger partial charge in [0, 0.05) is 11.6 Å². The van der Waals surface area contributed by atoms with Gasteiger partial charge in [-0.1, -0.05) is 0 Å². The van der Waals surface area contributed by atoms with Crippen molar-refractivity contribution in [3.8, 4) is 5.75 Å². The fraction of sp³-hybridized carbons (Fsp3) is 0.222. The number of methoxy groups -OCH3 is 1. The normalized spacial score (nSPS) is 9.93. The van der Waals surface area contributed by atoms with Crippen LogP contribution in [0.1, 0.15) is 5.56 Å². The molecule has 1 aromatic carbocycles. The largest absolute Gasteiger partial charge is 0.494 e. The lowest BCUT2D eigenvalue weighted by Gasteiger charge is -2.04. The molecule has 5 heteroatoms. The van der Waals surface area contributed by atoms with Gasteiger partial charge in [0.15, 0.2) is 11.6 Å². The molecule has 0 saturated heterocycles. The molecule has 14 heavy (non-hydrogen) atoms. The van der Waals surface area contributed by atoms with Gasteiger partial charge in [-0.15, -0.1) is 0 Å². The second kappa shape index (κ2) is 4.04. The molecule has 1 aromatic rings. The van der Waals surface area contributed by atoms with Crippen molar-refractivity contribution >= 4 is 5.97 Å². The van der Waals surface area contributed by atoms with Crippen molar-refractivity contribution in [2.45, 2.75) is 6.42 Å². The Balaban J connectivity index is 3.08. The fourth-order valence-electron chi connectivity index (χ4n) is 1.02. The van der Waals surface area contributed by atoms with Crippen molar-refractivity contribution in [3.63, 3.8) is 0 Å². The predicted molar refractivity (Wildman–Crippen MR) is 44.2 cm³/mol. The number of aliphatic carboxylic acids is 1. The maximum absolute atomic E-state index is 13.1. The van der Waals surface area contributed by atoms with E-state index in [0.717, 1.165) is 12.1 Å². The molecule has 0 amide bonds. The van der Waals surface area contributed by atoms with Crippen LogP contribution in [-0.2, 0) is 11.2 Å². The van der Waals surface area contributed by atoms with Gasteiger partial charge in [-0.25, -0.2) is 8.78 Å². The topological polar surface area (TPSA) is 46.5 Å². The van der Waals surface area contributed by atoms with E-state index in [-0.39, 0.29) is 11.3 Å². The van der Waals surface area contributed by atoms with E-state index in [0.29, 0.717) is 0 Å². The third-order valence-electron chi connectivity index (χ3n) is 1.66. The van der Waals surface area contributed by atoms with Gasteiger partial charge in [-0.05, 0) is 6.07 Å². The molecule has 76 valence electrons. The molecule has 1 rings (SSSR count). The Morgan fingerprint density at radius 2 is 2.07 bits per heavy atom. The number of hydrogen-bond acceptors (Lipinski definition) is 2. The molecular formula is C9H8F2O3.